The predicted octanol–water partition coefficient (Wildman–Crippen LogP) is 2.82. The molecule has 0 saturated heterocycles. The maximum Gasteiger partial charge on any atom is 0.0967 e. The third-order valence-corrected chi connectivity index (χ3v) is 1.95. The van der Waals surface area contributed by atoms with E-state index in [0.29, 0.717) is 0 Å². The number of aryl methyl sites for hydroxylation is 2. The van der Waals surface area contributed by atoms with E-state index in [1.165, 1.54) is 5.56 Å². The van der Waals surface area contributed by atoms with Crippen molar-refractivity contribution < 1.29 is 0 Å². The molecule has 0 aromatic carbocycles. The van der Waals surface area contributed by atoms with Crippen molar-refractivity contribution in [1.29, 1.82) is 0 Å². The highest BCUT2D eigenvalue weighted by Crippen LogP contribution is 2.19. The van der Waals surface area contributed by atoms with Crippen molar-refractivity contribution in [2.75, 3.05) is 0 Å². The fourth-order valence-corrected chi connectivity index (χ4v) is 1.40. The van der Waals surface area contributed by atoms with Gasteiger partial charge in [-0.1, -0.05) is 13.8 Å². The van der Waals surface area contributed by atoms with Crippen molar-refractivity contribution in [2.45, 2.75) is 20.8 Å². The molecule has 0 spiro atoms. The summed E-state index contributed by atoms with van der Waals surface area (Å²) in [6, 6.07) is 3.94. The molecular weight excluding hydrogens is 186 g/mol. The van der Waals surface area contributed by atoms with Gasteiger partial charge in [0.1, 0.15) is 0 Å². The molecular formula is C12H17N3. The molecule has 3 heteroatoms. The van der Waals surface area contributed by atoms with Gasteiger partial charge in [-0.05, 0) is 24.6 Å². The number of hydrogen-bond acceptors (Lipinski definition) is 2. The lowest BCUT2D eigenvalue weighted by Gasteiger charge is -1.95. The molecule has 0 aliphatic rings. The van der Waals surface area contributed by atoms with Gasteiger partial charge in [-0.2, -0.15) is 5.10 Å². The SMILES string of the molecule is CC.Cc1cn(C)nc1-c1cccnc1. The van der Waals surface area contributed by atoms with Crippen LogP contribution in [0.4, 0.5) is 0 Å². The van der Waals surface area contributed by atoms with E-state index in [-0.39, 0.29) is 0 Å². The van der Waals surface area contributed by atoms with Crippen LogP contribution < -0.4 is 0 Å². The zero-order valence-corrected chi connectivity index (χ0v) is 9.73. The summed E-state index contributed by atoms with van der Waals surface area (Å²) in [5, 5.41) is 4.36. The first-order chi connectivity index (χ1) is 7.27. The van der Waals surface area contributed by atoms with Gasteiger partial charge in [0.2, 0.25) is 0 Å². The van der Waals surface area contributed by atoms with Gasteiger partial charge >= 0.3 is 0 Å². The Kier molecular flexibility index (Phi) is 4.03. The first kappa shape index (κ1) is 11.4. The molecule has 0 aliphatic carbocycles. The Morgan fingerprint density at radius 2 is 2.00 bits per heavy atom. The van der Waals surface area contributed by atoms with E-state index in [4.69, 9.17) is 0 Å². The number of rotatable bonds is 1. The fraction of sp³-hybridized carbons (Fsp3) is 0.333. The van der Waals surface area contributed by atoms with Gasteiger partial charge in [-0.15, -0.1) is 0 Å². The van der Waals surface area contributed by atoms with Crippen LogP contribution in [0.15, 0.2) is 30.7 Å². The largest absolute Gasteiger partial charge is 0.275 e. The second-order valence-corrected chi connectivity index (χ2v) is 3.08. The van der Waals surface area contributed by atoms with Crippen LogP contribution >= 0.6 is 0 Å². The van der Waals surface area contributed by atoms with Crippen molar-refractivity contribution >= 4 is 0 Å². The summed E-state index contributed by atoms with van der Waals surface area (Å²) in [5.41, 5.74) is 3.26. The monoisotopic (exact) mass is 203 g/mol. The van der Waals surface area contributed by atoms with Crippen molar-refractivity contribution in [2.24, 2.45) is 7.05 Å². The Hall–Kier alpha value is -1.64. The standard InChI is InChI=1S/C10H11N3.C2H6/c1-8-7-13(2)12-10(8)9-4-3-5-11-6-9;1-2/h3-7H,1-2H3;1-2H3. The molecule has 0 bridgehead atoms. The molecule has 2 rings (SSSR count). The molecule has 2 heterocycles. The van der Waals surface area contributed by atoms with Crippen molar-refractivity contribution in [3.05, 3.63) is 36.3 Å². The highest BCUT2D eigenvalue weighted by molar-refractivity contribution is 5.60. The molecule has 0 amide bonds. The Morgan fingerprint density at radius 3 is 2.47 bits per heavy atom. The number of aromatic nitrogens is 3. The molecule has 2 aromatic heterocycles. The molecule has 0 radical (unpaired) electrons. The van der Waals surface area contributed by atoms with Crippen LogP contribution in [-0.2, 0) is 7.05 Å². The molecule has 3 nitrogen and oxygen atoms in total. The highest BCUT2D eigenvalue weighted by atomic mass is 15.2. The molecule has 80 valence electrons. The van der Waals surface area contributed by atoms with Gasteiger partial charge in [0.25, 0.3) is 0 Å². The van der Waals surface area contributed by atoms with Crippen LogP contribution in [0.2, 0.25) is 0 Å². The van der Waals surface area contributed by atoms with Crippen LogP contribution in [0.25, 0.3) is 11.3 Å². The normalized spacial score (nSPS) is 9.33. The third-order valence-electron chi connectivity index (χ3n) is 1.95. The van der Waals surface area contributed by atoms with Crippen LogP contribution in [-0.4, -0.2) is 14.8 Å². The van der Waals surface area contributed by atoms with Crippen LogP contribution in [0.1, 0.15) is 19.4 Å². The quantitative estimate of drug-likeness (QED) is 0.713. The summed E-state index contributed by atoms with van der Waals surface area (Å²) in [6.07, 6.45) is 5.60. The molecule has 0 N–H and O–H groups in total. The first-order valence-electron chi connectivity index (χ1n) is 5.18. The lowest BCUT2D eigenvalue weighted by Crippen LogP contribution is -1.87. The van der Waals surface area contributed by atoms with Crippen molar-refractivity contribution in [1.82, 2.24) is 14.8 Å². The highest BCUT2D eigenvalue weighted by Gasteiger charge is 2.04. The molecule has 0 unspecified atom stereocenters. The van der Waals surface area contributed by atoms with E-state index in [9.17, 15) is 0 Å². The van der Waals surface area contributed by atoms with Crippen LogP contribution in [0, 0.1) is 6.92 Å². The molecule has 0 fully saturated rings. The lowest BCUT2D eigenvalue weighted by atomic mass is 10.1. The smallest absolute Gasteiger partial charge is 0.0967 e. The molecule has 0 aliphatic heterocycles. The van der Waals surface area contributed by atoms with E-state index < -0.39 is 0 Å². The van der Waals surface area contributed by atoms with Crippen LogP contribution in [0.3, 0.4) is 0 Å². The minimum Gasteiger partial charge on any atom is -0.275 e. The Morgan fingerprint density at radius 1 is 1.27 bits per heavy atom. The Bertz CT molecular complexity index is 404. The van der Waals surface area contributed by atoms with E-state index >= 15 is 0 Å². The lowest BCUT2D eigenvalue weighted by molar-refractivity contribution is 0.770. The minimum atomic E-state index is 1.01. The molecule has 2 aromatic rings. The van der Waals surface area contributed by atoms with Gasteiger partial charge in [-0.3, -0.25) is 9.67 Å². The summed E-state index contributed by atoms with van der Waals surface area (Å²) < 4.78 is 1.82. The van der Waals surface area contributed by atoms with Crippen molar-refractivity contribution in [3.8, 4) is 11.3 Å². The van der Waals surface area contributed by atoms with E-state index in [1.54, 1.807) is 6.20 Å². The predicted molar refractivity (Wildman–Crippen MR) is 62.5 cm³/mol. The third kappa shape index (κ3) is 2.65. The minimum absolute atomic E-state index is 1.01. The molecule has 0 atom stereocenters. The molecule has 0 saturated carbocycles. The topological polar surface area (TPSA) is 30.7 Å². The first-order valence-corrected chi connectivity index (χ1v) is 5.18. The summed E-state index contributed by atoms with van der Waals surface area (Å²) in [4.78, 5) is 4.06. The summed E-state index contributed by atoms with van der Waals surface area (Å²) in [6.45, 7) is 6.05. The van der Waals surface area contributed by atoms with Gasteiger partial charge in [0.15, 0.2) is 0 Å². The average molecular weight is 203 g/mol. The zero-order valence-electron chi connectivity index (χ0n) is 9.73. The van der Waals surface area contributed by atoms with Gasteiger partial charge in [-0.25, -0.2) is 0 Å². The maximum absolute atomic E-state index is 4.36. The second-order valence-electron chi connectivity index (χ2n) is 3.08. The maximum atomic E-state index is 4.36. The Labute approximate surface area is 90.8 Å². The summed E-state index contributed by atoms with van der Waals surface area (Å²) in [7, 11) is 1.92. The average Bonchev–Trinajstić information content (AvgIpc) is 2.62. The van der Waals surface area contributed by atoms with Gasteiger partial charge in [0, 0.05) is 31.2 Å². The van der Waals surface area contributed by atoms with Crippen LogP contribution in [0.5, 0.6) is 0 Å². The van der Waals surface area contributed by atoms with E-state index in [1.807, 2.05) is 50.1 Å². The summed E-state index contributed by atoms with van der Waals surface area (Å²) >= 11 is 0. The van der Waals surface area contributed by atoms with E-state index in [0.717, 1.165) is 11.3 Å². The van der Waals surface area contributed by atoms with Crippen molar-refractivity contribution in [3.63, 3.8) is 0 Å². The fourth-order valence-electron chi connectivity index (χ4n) is 1.40. The Balaban J connectivity index is 0.000000531. The van der Waals surface area contributed by atoms with E-state index in [2.05, 4.69) is 17.0 Å². The number of pyridine rings is 1. The van der Waals surface area contributed by atoms with Gasteiger partial charge < -0.3 is 0 Å². The second kappa shape index (κ2) is 5.29. The zero-order chi connectivity index (χ0) is 11.3. The summed E-state index contributed by atoms with van der Waals surface area (Å²) in [5.74, 6) is 0. The number of nitrogens with zero attached hydrogens (tertiary/aromatic N) is 3. The number of hydrogen-bond donors (Lipinski definition) is 0. The van der Waals surface area contributed by atoms with Gasteiger partial charge in [0.05, 0.1) is 5.69 Å². The molecule has 15 heavy (non-hydrogen) atoms.